The Hall–Kier alpha value is -2.09. The molecule has 5 nitrogen and oxygen atoms in total. The molecule has 128 valence electrons. The van der Waals surface area contributed by atoms with Gasteiger partial charge in [0.2, 0.25) is 0 Å². The van der Waals surface area contributed by atoms with E-state index in [-0.39, 0.29) is 29.9 Å². The number of nitrogens with zero attached hydrogens (tertiary/aromatic N) is 1. The number of nitrogens with two attached hydrogens (primary N) is 1. The van der Waals surface area contributed by atoms with Gasteiger partial charge in [-0.25, -0.2) is 4.99 Å². The SMILES string of the molecule is CCc1cccc(NC(N)=NCc2cccc(C(=O)NC)c2)c1.I. The van der Waals surface area contributed by atoms with Crippen LogP contribution in [0.25, 0.3) is 0 Å². The molecule has 4 N–H and O–H groups in total. The molecule has 0 saturated carbocycles. The molecule has 0 aromatic heterocycles. The van der Waals surface area contributed by atoms with Gasteiger partial charge in [0.05, 0.1) is 6.54 Å². The number of carbonyl (C=O) groups is 1. The number of rotatable bonds is 5. The summed E-state index contributed by atoms with van der Waals surface area (Å²) >= 11 is 0. The maximum Gasteiger partial charge on any atom is 0.251 e. The van der Waals surface area contributed by atoms with Crippen molar-refractivity contribution in [3.63, 3.8) is 0 Å². The van der Waals surface area contributed by atoms with Gasteiger partial charge in [-0.05, 0) is 41.8 Å². The zero-order chi connectivity index (χ0) is 16.7. The lowest BCUT2D eigenvalue weighted by atomic mass is 10.1. The van der Waals surface area contributed by atoms with Crippen LogP contribution in [0.2, 0.25) is 0 Å². The second-order valence-electron chi connectivity index (χ2n) is 5.16. The van der Waals surface area contributed by atoms with Gasteiger partial charge in [0.15, 0.2) is 5.96 Å². The highest BCUT2D eigenvalue weighted by atomic mass is 127. The van der Waals surface area contributed by atoms with Crippen LogP contribution in [-0.2, 0) is 13.0 Å². The number of amides is 1. The molecule has 0 saturated heterocycles. The molecule has 24 heavy (non-hydrogen) atoms. The number of halogens is 1. The minimum absolute atomic E-state index is 0. The lowest BCUT2D eigenvalue weighted by molar-refractivity contribution is 0.0963. The smallest absolute Gasteiger partial charge is 0.251 e. The predicted molar refractivity (Wildman–Crippen MR) is 110 cm³/mol. The van der Waals surface area contributed by atoms with E-state index in [9.17, 15) is 4.79 Å². The summed E-state index contributed by atoms with van der Waals surface area (Å²) in [5, 5.41) is 5.69. The number of benzene rings is 2. The van der Waals surface area contributed by atoms with Gasteiger partial charge in [0.1, 0.15) is 0 Å². The molecule has 0 aliphatic rings. The number of aryl methyl sites for hydroxylation is 1. The molecule has 0 aliphatic heterocycles. The van der Waals surface area contributed by atoms with Crippen LogP contribution in [0.4, 0.5) is 5.69 Å². The number of nitrogens with one attached hydrogen (secondary N) is 2. The quantitative estimate of drug-likeness (QED) is 0.381. The van der Waals surface area contributed by atoms with E-state index in [4.69, 9.17) is 5.73 Å². The maximum absolute atomic E-state index is 11.6. The van der Waals surface area contributed by atoms with Crippen LogP contribution in [0.3, 0.4) is 0 Å². The molecule has 2 aromatic rings. The Bertz CT molecular complexity index is 716. The van der Waals surface area contributed by atoms with Gasteiger partial charge in [-0.3, -0.25) is 4.79 Å². The van der Waals surface area contributed by atoms with E-state index in [1.54, 1.807) is 13.1 Å². The van der Waals surface area contributed by atoms with Crippen molar-refractivity contribution in [2.75, 3.05) is 12.4 Å². The van der Waals surface area contributed by atoms with E-state index in [1.165, 1.54) is 5.56 Å². The van der Waals surface area contributed by atoms with Gasteiger partial charge in [-0.15, -0.1) is 24.0 Å². The third-order valence-electron chi connectivity index (χ3n) is 3.46. The molecule has 0 radical (unpaired) electrons. The van der Waals surface area contributed by atoms with Gasteiger partial charge in [-0.2, -0.15) is 0 Å². The predicted octanol–water partition coefficient (Wildman–Crippen LogP) is 3.15. The fourth-order valence-electron chi connectivity index (χ4n) is 2.19. The molecule has 0 atom stereocenters. The monoisotopic (exact) mass is 438 g/mol. The van der Waals surface area contributed by atoms with E-state index in [0.717, 1.165) is 17.7 Å². The molecule has 0 aliphatic carbocycles. The van der Waals surface area contributed by atoms with Crippen LogP contribution in [0.5, 0.6) is 0 Å². The van der Waals surface area contributed by atoms with Gasteiger partial charge in [0, 0.05) is 18.3 Å². The molecule has 6 heteroatoms. The van der Waals surface area contributed by atoms with Gasteiger partial charge in [-0.1, -0.05) is 31.2 Å². The topological polar surface area (TPSA) is 79.5 Å². The molecule has 2 aromatic carbocycles. The fourth-order valence-corrected chi connectivity index (χ4v) is 2.19. The molecule has 2 rings (SSSR count). The van der Waals surface area contributed by atoms with Crippen molar-refractivity contribution in [3.05, 3.63) is 65.2 Å². The summed E-state index contributed by atoms with van der Waals surface area (Å²) in [6.45, 7) is 2.52. The number of carbonyl (C=O) groups excluding carboxylic acids is 1. The van der Waals surface area contributed by atoms with E-state index in [2.05, 4.69) is 34.7 Å². The Balaban J connectivity index is 0.00000288. The average molecular weight is 438 g/mol. The zero-order valence-corrected chi connectivity index (χ0v) is 16.2. The van der Waals surface area contributed by atoms with Gasteiger partial charge < -0.3 is 16.4 Å². The summed E-state index contributed by atoms with van der Waals surface area (Å²) < 4.78 is 0. The Morgan fingerprint density at radius 2 is 1.83 bits per heavy atom. The molecule has 0 fully saturated rings. The fraction of sp³-hybridized carbons (Fsp3) is 0.222. The summed E-state index contributed by atoms with van der Waals surface area (Å²) in [4.78, 5) is 15.9. The third-order valence-corrected chi connectivity index (χ3v) is 3.46. The number of guanidine groups is 1. The summed E-state index contributed by atoms with van der Waals surface area (Å²) in [7, 11) is 1.61. The Kier molecular flexibility index (Phi) is 8.25. The first-order valence-corrected chi connectivity index (χ1v) is 7.59. The number of anilines is 1. The summed E-state index contributed by atoms with van der Waals surface area (Å²) in [6, 6.07) is 15.4. The molecular formula is C18H23IN4O. The highest BCUT2D eigenvalue weighted by molar-refractivity contribution is 14.0. The summed E-state index contributed by atoms with van der Waals surface area (Å²) in [5.41, 5.74) is 9.63. The normalized spacial score (nSPS) is 10.7. The number of aliphatic imine (C=N–C) groups is 1. The Morgan fingerprint density at radius 3 is 2.54 bits per heavy atom. The minimum Gasteiger partial charge on any atom is -0.370 e. The first-order chi connectivity index (χ1) is 11.1. The van der Waals surface area contributed by atoms with Crippen molar-refractivity contribution >= 4 is 41.5 Å². The molecule has 1 amide bonds. The van der Waals surface area contributed by atoms with Crippen LogP contribution >= 0.6 is 24.0 Å². The molecule has 0 heterocycles. The van der Waals surface area contributed by atoms with E-state index < -0.39 is 0 Å². The highest BCUT2D eigenvalue weighted by Gasteiger charge is 2.03. The number of hydrogen-bond acceptors (Lipinski definition) is 2. The van der Waals surface area contributed by atoms with Crippen molar-refractivity contribution in [3.8, 4) is 0 Å². The molecule has 0 unspecified atom stereocenters. The lowest BCUT2D eigenvalue weighted by Crippen LogP contribution is -2.22. The maximum atomic E-state index is 11.6. The standard InChI is InChI=1S/C18H22N4O.HI/c1-3-13-6-5-9-16(11-13)22-18(19)21-12-14-7-4-8-15(10-14)17(23)20-2;/h4-11H,3,12H2,1-2H3,(H,20,23)(H3,19,21,22);1H. The minimum atomic E-state index is -0.113. The summed E-state index contributed by atoms with van der Waals surface area (Å²) in [6.07, 6.45) is 0.971. The van der Waals surface area contributed by atoms with Crippen LogP contribution in [0.15, 0.2) is 53.5 Å². The van der Waals surface area contributed by atoms with Crippen LogP contribution < -0.4 is 16.4 Å². The molecule has 0 bridgehead atoms. The zero-order valence-electron chi connectivity index (χ0n) is 13.9. The Labute approximate surface area is 159 Å². The van der Waals surface area contributed by atoms with Crippen molar-refractivity contribution in [1.82, 2.24) is 5.32 Å². The van der Waals surface area contributed by atoms with Crippen LogP contribution in [0.1, 0.15) is 28.4 Å². The third kappa shape index (κ3) is 5.84. The van der Waals surface area contributed by atoms with Crippen molar-refractivity contribution < 1.29 is 4.79 Å². The second-order valence-corrected chi connectivity index (χ2v) is 5.16. The van der Waals surface area contributed by atoms with Crippen LogP contribution in [-0.4, -0.2) is 18.9 Å². The van der Waals surface area contributed by atoms with Crippen molar-refractivity contribution in [2.45, 2.75) is 19.9 Å². The second kappa shape index (κ2) is 9.92. The van der Waals surface area contributed by atoms with Crippen molar-refractivity contribution in [2.24, 2.45) is 10.7 Å². The number of hydrogen-bond donors (Lipinski definition) is 3. The van der Waals surface area contributed by atoms with E-state index in [1.807, 2.05) is 30.3 Å². The summed E-state index contributed by atoms with van der Waals surface area (Å²) in [5.74, 6) is 0.238. The van der Waals surface area contributed by atoms with Gasteiger partial charge in [0.25, 0.3) is 5.91 Å². The largest absolute Gasteiger partial charge is 0.370 e. The van der Waals surface area contributed by atoms with Crippen molar-refractivity contribution in [1.29, 1.82) is 0 Å². The van der Waals surface area contributed by atoms with Gasteiger partial charge >= 0.3 is 0 Å². The first kappa shape index (κ1) is 20.0. The Morgan fingerprint density at radius 1 is 1.12 bits per heavy atom. The van der Waals surface area contributed by atoms with E-state index in [0.29, 0.717) is 18.1 Å². The first-order valence-electron chi connectivity index (χ1n) is 7.59. The average Bonchev–Trinajstić information content (AvgIpc) is 2.59. The van der Waals surface area contributed by atoms with Crippen LogP contribution in [0, 0.1) is 0 Å². The lowest BCUT2D eigenvalue weighted by Gasteiger charge is -2.07. The highest BCUT2D eigenvalue weighted by Crippen LogP contribution is 2.11. The molecular weight excluding hydrogens is 415 g/mol. The van der Waals surface area contributed by atoms with E-state index >= 15 is 0 Å². The molecule has 0 spiro atoms.